The molecule has 176 valence electrons. The number of nitrogens with zero attached hydrogens (tertiary/aromatic N) is 2. The first-order chi connectivity index (χ1) is 16.4. The van der Waals surface area contributed by atoms with Crippen LogP contribution in [-0.4, -0.2) is 41.0 Å². The first kappa shape index (κ1) is 22.6. The van der Waals surface area contributed by atoms with Crippen LogP contribution in [0.1, 0.15) is 37.7 Å². The van der Waals surface area contributed by atoms with Crippen molar-refractivity contribution in [2.24, 2.45) is 0 Å². The van der Waals surface area contributed by atoms with Crippen molar-refractivity contribution in [1.82, 2.24) is 4.90 Å². The zero-order valence-corrected chi connectivity index (χ0v) is 19.6. The Hall–Kier alpha value is -3.16. The highest BCUT2D eigenvalue weighted by Gasteiger charge is 2.39. The Labute approximate surface area is 203 Å². The van der Waals surface area contributed by atoms with E-state index in [1.54, 1.807) is 24.3 Å². The van der Waals surface area contributed by atoms with Gasteiger partial charge < -0.3 is 15.0 Å². The van der Waals surface area contributed by atoms with Gasteiger partial charge in [-0.25, -0.2) is 0 Å². The van der Waals surface area contributed by atoms with Gasteiger partial charge in [-0.3, -0.25) is 14.9 Å². The molecule has 1 amide bonds. The van der Waals surface area contributed by atoms with Crippen molar-refractivity contribution in [2.45, 2.75) is 50.3 Å². The number of nitrogens with one attached hydrogen (secondary N) is 1. The quantitative estimate of drug-likeness (QED) is 0.430. The number of allylic oxidation sites excluding steroid dienone is 3. The first-order valence-corrected chi connectivity index (χ1v) is 11.9. The van der Waals surface area contributed by atoms with Gasteiger partial charge in [0.25, 0.3) is 11.6 Å². The second-order valence-electron chi connectivity index (χ2n) is 9.22. The second kappa shape index (κ2) is 9.24. The molecule has 34 heavy (non-hydrogen) atoms. The number of hydrogen-bond donors (Lipinski definition) is 1. The fourth-order valence-corrected chi connectivity index (χ4v) is 5.44. The van der Waals surface area contributed by atoms with Crippen LogP contribution in [0.3, 0.4) is 0 Å². The molecular formula is C26H26ClN3O4. The van der Waals surface area contributed by atoms with E-state index in [1.807, 2.05) is 24.3 Å². The van der Waals surface area contributed by atoms with Crippen molar-refractivity contribution < 1.29 is 14.5 Å². The van der Waals surface area contributed by atoms with Crippen LogP contribution in [0.5, 0.6) is 5.75 Å². The van der Waals surface area contributed by atoms with E-state index in [2.05, 4.69) is 17.3 Å². The van der Waals surface area contributed by atoms with E-state index in [0.717, 1.165) is 18.6 Å². The van der Waals surface area contributed by atoms with Crippen LogP contribution in [0.25, 0.3) is 5.57 Å². The number of fused-ring (bicyclic) bond motifs is 2. The zero-order chi connectivity index (χ0) is 23.8. The Morgan fingerprint density at radius 3 is 2.50 bits per heavy atom. The first-order valence-electron chi connectivity index (χ1n) is 11.5. The third-order valence-corrected chi connectivity index (χ3v) is 7.37. The molecule has 3 aliphatic rings. The molecule has 2 aromatic rings. The van der Waals surface area contributed by atoms with Crippen molar-refractivity contribution >= 4 is 34.5 Å². The monoisotopic (exact) mass is 479 g/mol. The normalized spacial score (nSPS) is 23.9. The lowest BCUT2D eigenvalue weighted by atomic mass is 10.0. The van der Waals surface area contributed by atoms with E-state index >= 15 is 0 Å². The second-order valence-corrected chi connectivity index (χ2v) is 9.66. The van der Waals surface area contributed by atoms with Gasteiger partial charge in [-0.15, -0.1) is 0 Å². The van der Waals surface area contributed by atoms with Crippen molar-refractivity contribution in [3.63, 3.8) is 0 Å². The fourth-order valence-electron chi connectivity index (χ4n) is 5.27. The fraction of sp³-hybridized carbons (Fsp3) is 0.346. The smallest absolute Gasteiger partial charge is 0.278 e. The number of halogens is 1. The van der Waals surface area contributed by atoms with Crippen molar-refractivity contribution in [2.75, 3.05) is 12.4 Å². The summed E-state index contributed by atoms with van der Waals surface area (Å²) in [4.78, 5) is 26.2. The summed E-state index contributed by atoms with van der Waals surface area (Å²) in [5, 5.41) is 14.6. The maximum absolute atomic E-state index is 12.8. The van der Waals surface area contributed by atoms with Crippen LogP contribution in [0.2, 0.25) is 5.02 Å². The standard InChI is InChI=1S/C26H26ClN3O4/c1-29-20-7-8-21(29)15-23(14-20)34-22-9-5-19(6-10-22)28-26(31)17-3-2-16(12-17)24-11-4-18(27)13-25(24)30(32)33/h2-6,9-11,13,20-21,23H,7-8,12,14-15H2,1H3,(H,28,31)/t20-,21+,23?. The minimum Gasteiger partial charge on any atom is -0.490 e. The van der Waals surface area contributed by atoms with Gasteiger partial charge in [0.05, 0.1) is 10.5 Å². The number of rotatable bonds is 6. The molecule has 0 aromatic heterocycles. The van der Waals surface area contributed by atoms with E-state index in [0.29, 0.717) is 45.9 Å². The van der Waals surface area contributed by atoms with Crippen LogP contribution < -0.4 is 10.1 Å². The number of benzene rings is 2. The maximum Gasteiger partial charge on any atom is 0.278 e. The Morgan fingerprint density at radius 2 is 1.82 bits per heavy atom. The Bertz CT molecular complexity index is 1180. The molecule has 2 aromatic carbocycles. The molecule has 2 bridgehead atoms. The summed E-state index contributed by atoms with van der Waals surface area (Å²) >= 11 is 5.91. The summed E-state index contributed by atoms with van der Waals surface area (Å²) in [6, 6.07) is 13.3. The molecule has 3 atom stereocenters. The number of nitro groups is 1. The summed E-state index contributed by atoms with van der Waals surface area (Å²) in [5.74, 6) is 0.578. The molecule has 1 N–H and O–H groups in total. The Kier molecular flexibility index (Phi) is 6.15. The molecule has 2 fully saturated rings. The summed E-state index contributed by atoms with van der Waals surface area (Å²) in [6.45, 7) is 0. The number of anilines is 1. The molecule has 2 aliphatic heterocycles. The van der Waals surface area contributed by atoms with Gasteiger partial charge in [-0.2, -0.15) is 0 Å². The SMILES string of the molecule is CN1[C@@H]2CC[C@H]1CC(Oc1ccc(NC(=O)C3=CC=C(c4ccc(Cl)cc4[N+](=O)[O-])C3)cc1)C2. The van der Waals surface area contributed by atoms with Crippen molar-refractivity contribution in [1.29, 1.82) is 0 Å². The maximum atomic E-state index is 12.8. The highest BCUT2D eigenvalue weighted by atomic mass is 35.5. The van der Waals surface area contributed by atoms with Gasteiger partial charge in [0, 0.05) is 40.9 Å². The number of carbonyl (C=O) groups is 1. The Balaban J connectivity index is 1.17. The average molecular weight is 480 g/mol. The largest absolute Gasteiger partial charge is 0.490 e. The predicted octanol–water partition coefficient (Wildman–Crippen LogP) is 5.60. The van der Waals surface area contributed by atoms with Crippen molar-refractivity contribution in [3.8, 4) is 5.75 Å². The number of ether oxygens (including phenoxy) is 1. The van der Waals surface area contributed by atoms with Crippen LogP contribution in [0.15, 0.2) is 60.2 Å². The molecular weight excluding hydrogens is 454 g/mol. The number of nitro benzene ring substituents is 1. The Morgan fingerprint density at radius 1 is 1.12 bits per heavy atom. The van der Waals surface area contributed by atoms with Crippen LogP contribution >= 0.6 is 11.6 Å². The van der Waals surface area contributed by atoms with Crippen LogP contribution in [0, 0.1) is 10.1 Å². The summed E-state index contributed by atoms with van der Waals surface area (Å²) in [6.07, 6.45) is 8.62. The average Bonchev–Trinajstić information content (AvgIpc) is 3.37. The lowest BCUT2D eigenvalue weighted by molar-refractivity contribution is -0.385. The van der Waals surface area contributed by atoms with Gasteiger partial charge in [0.2, 0.25) is 0 Å². The summed E-state index contributed by atoms with van der Waals surface area (Å²) in [5.41, 5.74) is 2.33. The molecule has 0 saturated carbocycles. The lowest BCUT2D eigenvalue weighted by Crippen LogP contribution is -2.43. The number of piperidine rings is 1. The van der Waals surface area contributed by atoms with Gasteiger partial charge in [-0.05, 0) is 74.7 Å². The topological polar surface area (TPSA) is 84.7 Å². The predicted molar refractivity (Wildman–Crippen MR) is 132 cm³/mol. The minimum absolute atomic E-state index is 0.0676. The van der Waals surface area contributed by atoms with E-state index in [-0.39, 0.29) is 17.7 Å². The van der Waals surface area contributed by atoms with E-state index in [1.165, 1.54) is 18.9 Å². The van der Waals surface area contributed by atoms with Gasteiger partial charge in [0.15, 0.2) is 0 Å². The third kappa shape index (κ3) is 4.58. The van der Waals surface area contributed by atoms with Gasteiger partial charge >= 0.3 is 0 Å². The summed E-state index contributed by atoms with van der Waals surface area (Å²) in [7, 11) is 2.21. The number of amides is 1. The molecule has 1 unspecified atom stereocenters. The minimum atomic E-state index is -0.458. The van der Waals surface area contributed by atoms with E-state index < -0.39 is 4.92 Å². The van der Waals surface area contributed by atoms with Gasteiger partial charge in [0.1, 0.15) is 11.9 Å². The summed E-state index contributed by atoms with van der Waals surface area (Å²) < 4.78 is 6.22. The zero-order valence-electron chi connectivity index (χ0n) is 18.9. The molecule has 2 heterocycles. The third-order valence-electron chi connectivity index (χ3n) is 7.13. The molecule has 0 radical (unpaired) electrons. The molecule has 7 nitrogen and oxygen atoms in total. The molecule has 8 heteroatoms. The van der Waals surface area contributed by atoms with Crippen molar-refractivity contribution in [3.05, 3.63) is 80.9 Å². The molecule has 2 saturated heterocycles. The number of carbonyl (C=O) groups excluding carboxylic acids is 1. The molecule has 0 spiro atoms. The van der Waals surface area contributed by atoms with E-state index in [9.17, 15) is 14.9 Å². The lowest BCUT2D eigenvalue weighted by Gasteiger charge is -2.36. The highest BCUT2D eigenvalue weighted by molar-refractivity contribution is 6.30. The number of hydrogen-bond acceptors (Lipinski definition) is 5. The van der Waals surface area contributed by atoms with E-state index in [4.69, 9.17) is 16.3 Å². The highest BCUT2D eigenvalue weighted by Crippen LogP contribution is 2.37. The van der Waals surface area contributed by atoms with Crippen LogP contribution in [0.4, 0.5) is 11.4 Å². The molecule has 1 aliphatic carbocycles. The van der Waals surface area contributed by atoms with Crippen LogP contribution in [-0.2, 0) is 4.79 Å². The molecule has 5 rings (SSSR count). The van der Waals surface area contributed by atoms with Gasteiger partial charge in [-0.1, -0.05) is 23.8 Å².